The Morgan fingerprint density at radius 3 is 2.18 bits per heavy atom. The van der Waals surface area contributed by atoms with Gasteiger partial charge >= 0.3 is 0 Å². The molecule has 39 heavy (non-hydrogen) atoms. The van der Waals surface area contributed by atoms with E-state index in [1.807, 2.05) is 42.5 Å². The summed E-state index contributed by atoms with van der Waals surface area (Å²) in [7, 11) is -7.82. The second-order valence-electron chi connectivity index (χ2n) is 9.20. The first-order valence-electron chi connectivity index (χ1n) is 11.9. The largest absolute Gasteiger partial charge is 0.264 e. The number of hydrogen-bond acceptors (Lipinski definition) is 6. The van der Waals surface area contributed by atoms with Crippen molar-refractivity contribution in [3.05, 3.63) is 100 Å². The van der Waals surface area contributed by atoms with Crippen LogP contribution in [0.1, 0.15) is 24.0 Å². The minimum Gasteiger partial charge on any atom is -0.250 e. The highest BCUT2D eigenvalue weighted by atomic mass is 35.5. The van der Waals surface area contributed by atoms with Gasteiger partial charge in [0, 0.05) is 22.5 Å². The van der Waals surface area contributed by atoms with Crippen molar-refractivity contribution in [2.75, 3.05) is 18.8 Å². The Labute approximate surface area is 238 Å². The summed E-state index contributed by atoms with van der Waals surface area (Å²) >= 11 is 12.0. The zero-order chi connectivity index (χ0) is 28.2. The number of primary sulfonamides is 1. The average Bonchev–Trinajstić information content (AvgIpc) is 3.32. The molecule has 13 heteroatoms. The lowest BCUT2D eigenvalue weighted by Crippen LogP contribution is -2.41. The zero-order valence-electron chi connectivity index (χ0n) is 20.9. The van der Waals surface area contributed by atoms with Crippen LogP contribution in [0.25, 0.3) is 0 Å². The van der Waals surface area contributed by atoms with Crippen molar-refractivity contribution in [3.8, 4) is 0 Å². The third-order valence-corrected chi connectivity index (χ3v) is 8.80. The minimum atomic E-state index is -4.08. The number of nitrogens with one attached hydrogen (secondary N) is 1. The van der Waals surface area contributed by atoms with Crippen LogP contribution in [0.2, 0.25) is 10.0 Å². The molecule has 9 nitrogen and oxygen atoms in total. The van der Waals surface area contributed by atoms with Crippen LogP contribution in [0, 0.1) is 5.92 Å². The van der Waals surface area contributed by atoms with Crippen LogP contribution < -0.4 is 9.86 Å². The molecule has 0 radical (unpaired) electrons. The quantitative estimate of drug-likeness (QED) is 0.294. The predicted octanol–water partition coefficient (Wildman–Crippen LogP) is 4.06. The normalized spacial score (nSPS) is 17.1. The minimum absolute atomic E-state index is 0.00674. The van der Waals surface area contributed by atoms with Gasteiger partial charge in [-0.1, -0.05) is 72.6 Å². The summed E-state index contributed by atoms with van der Waals surface area (Å²) in [6.07, 6.45) is 0. The van der Waals surface area contributed by atoms with Crippen LogP contribution in [0.3, 0.4) is 0 Å². The highest BCUT2D eigenvalue weighted by Gasteiger charge is 2.33. The van der Waals surface area contributed by atoms with Gasteiger partial charge < -0.3 is 0 Å². The van der Waals surface area contributed by atoms with Gasteiger partial charge in [-0.2, -0.15) is 5.10 Å². The SMILES string of the molecule is C[C@H](CN=C(NS(=O)(=O)c1ccc(Cl)cc1)N1CC(c2ccccc2)C(c2ccc(Cl)cc2)=N1)CS(N)(=O)=O. The number of sulfonamides is 2. The van der Waals surface area contributed by atoms with Gasteiger partial charge in [0.05, 0.1) is 22.9 Å². The molecule has 1 aliphatic rings. The third-order valence-electron chi connectivity index (χ3n) is 5.92. The van der Waals surface area contributed by atoms with E-state index < -0.39 is 26.0 Å². The van der Waals surface area contributed by atoms with E-state index in [9.17, 15) is 16.8 Å². The molecule has 2 atom stereocenters. The number of rotatable bonds is 8. The molecular formula is C26H27Cl2N5O4S2. The highest BCUT2D eigenvalue weighted by Crippen LogP contribution is 2.30. The lowest BCUT2D eigenvalue weighted by molar-refractivity contribution is 0.458. The Kier molecular flexibility index (Phi) is 8.97. The first-order chi connectivity index (χ1) is 18.4. The van der Waals surface area contributed by atoms with Gasteiger partial charge in [0.25, 0.3) is 10.0 Å². The van der Waals surface area contributed by atoms with Gasteiger partial charge in [-0.05, 0) is 53.4 Å². The number of hydrogen-bond donors (Lipinski definition) is 2. The molecule has 0 saturated carbocycles. The lowest BCUT2D eigenvalue weighted by Gasteiger charge is -2.20. The van der Waals surface area contributed by atoms with Crippen LogP contribution in [0.15, 0.2) is 93.9 Å². The zero-order valence-corrected chi connectivity index (χ0v) is 24.1. The summed E-state index contributed by atoms with van der Waals surface area (Å²) in [5.41, 5.74) is 2.50. The molecule has 1 aliphatic heterocycles. The van der Waals surface area contributed by atoms with E-state index in [1.165, 1.54) is 29.3 Å². The van der Waals surface area contributed by atoms with E-state index in [2.05, 4.69) is 9.71 Å². The Bertz CT molecular complexity index is 1580. The standard InChI is InChI=1S/C26H27Cl2N5O4S2/c1-18(17-38(29,34)35)15-30-26(32-39(36,37)23-13-11-22(28)12-14-23)33-16-24(19-5-3-2-4-6-19)25(31-33)20-7-9-21(27)10-8-20/h2-14,18,24H,15-17H2,1H3,(H,30,32)(H2,29,34,35)/t18-,24?/m1/s1. The molecule has 0 aliphatic carbocycles. The fourth-order valence-corrected chi connectivity index (χ4v) is 6.29. The number of halogens is 2. The maximum absolute atomic E-state index is 13.3. The van der Waals surface area contributed by atoms with Gasteiger partial charge in [-0.3, -0.25) is 4.99 Å². The van der Waals surface area contributed by atoms with E-state index in [-0.39, 0.29) is 35.6 Å². The first kappa shape index (κ1) is 29.0. The Morgan fingerprint density at radius 2 is 1.59 bits per heavy atom. The fourth-order valence-electron chi connectivity index (χ4n) is 4.11. The topological polar surface area (TPSA) is 134 Å². The molecule has 0 bridgehead atoms. The number of benzene rings is 3. The first-order valence-corrected chi connectivity index (χ1v) is 15.9. The third kappa shape index (κ3) is 7.80. The average molecular weight is 609 g/mol. The van der Waals surface area contributed by atoms with E-state index >= 15 is 0 Å². The second kappa shape index (κ2) is 12.1. The monoisotopic (exact) mass is 607 g/mol. The Hall–Kier alpha value is -2.96. The van der Waals surface area contributed by atoms with Crippen molar-refractivity contribution >= 4 is 54.9 Å². The Morgan fingerprint density at radius 1 is 1.00 bits per heavy atom. The van der Waals surface area contributed by atoms with Gasteiger partial charge in [-0.25, -0.2) is 31.7 Å². The summed E-state index contributed by atoms with van der Waals surface area (Å²) < 4.78 is 52.3. The second-order valence-corrected chi connectivity index (χ2v) is 13.4. The summed E-state index contributed by atoms with van der Waals surface area (Å²) in [6, 6.07) is 22.6. The lowest BCUT2D eigenvalue weighted by atomic mass is 9.91. The molecule has 0 aromatic heterocycles. The van der Waals surface area contributed by atoms with Gasteiger partial charge in [0.1, 0.15) is 0 Å². The smallest absolute Gasteiger partial charge is 0.250 e. The van der Waals surface area contributed by atoms with Gasteiger partial charge in [-0.15, -0.1) is 0 Å². The predicted molar refractivity (Wildman–Crippen MR) is 155 cm³/mol. The van der Waals surface area contributed by atoms with E-state index in [0.29, 0.717) is 15.8 Å². The summed E-state index contributed by atoms with van der Waals surface area (Å²) in [4.78, 5) is 4.45. The number of aliphatic imine (C=N–C) groups is 1. The molecule has 1 unspecified atom stereocenters. The highest BCUT2D eigenvalue weighted by molar-refractivity contribution is 7.90. The molecule has 0 fully saturated rings. The van der Waals surface area contributed by atoms with E-state index in [0.717, 1.165) is 11.1 Å². The molecule has 206 valence electrons. The van der Waals surface area contributed by atoms with E-state index in [1.54, 1.807) is 19.1 Å². The van der Waals surface area contributed by atoms with E-state index in [4.69, 9.17) is 33.4 Å². The summed E-state index contributed by atoms with van der Waals surface area (Å²) in [6.45, 7) is 1.94. The number of guanidine groups is 1. The molecule has 3 aromatic rings. The van der Waals surface area contributed by atoms with Crippen LogP contribution in [-0.2, 0) is 20.0 Å². The van der Waals surface area contributed by atoms with Crippen LogP contribution in [0.5, 0.6) is 0 Å². The molecule has 3 N–H and O–H groups in total. The van der Waals surface area contributed by atoms with Crippen molar-refractivity contribution in [1.82, 2.24) is 9.73 Å². The fraction of sp³-hybridized carbons (Fsp3) is 0.231. The maximum Gasteiger partial charge on any atom is 0.264 e. The molecule has 1 heterocycles. The molecular weight excluding hydrogens is 581 g/mol. The molecule has 3 aromatic carbocycles. The van der Waals surface area contributed by atoms with Crippen LogP contribution in [0.4, 0.5) is 0 Å². The van der Waals surface area contributed by atoms with Gasteiger partial charge in [0.15, 0.2) is 0 Å². The Balaban J connectivity index is 1.73. The molecule has 0 amide bonds. The molecule has 4 rings (SSSR count). The number of nitrogens with two attached hydrogens (primary N) is 1. The molecule has 0 spiro atoms. The van der Waals surface area contributed by atoms with Crippen LogP contribution >= 0.6 is 23.2 Å². The van der Waals surface area contributed by atoms with Crippen molar-refractivity contribution in [1.29, 1.82) is 0 Å². The summed E-state index contributed by atoms with van der Waals surface area (Å²) in [5.74, 6) is -1.03. The maximum atomic E-state index is 13.3. The van der Waals surface area contributed by atoms with Crippen molar-refractivity contribution in [2.24, 2.45) is 21.2 Å². The summed E-state index contributed by atoms with van der Waals surface area (Å²) in [5, 5.41) is 12.4. The number of hydrazone groups is 1. The van der Waals surface area contributed by atoms with Crippen molar-refractivity contribution in [2.45, 2.75) is 17.7 Å². The van der Waals surface area contributed by atoms with Crippen molar-refractivity contribution in [3.63, 3.8) is 0 Å². The van der Waals surface area contributed by atoms with Gasteiger partial charge in [0.2, 0.25) is 16.0 Å². The van der Waals surface area contributed by atoms with Crippen LogP contribution in [-0.4, -0.2) is 52.4 Å². The molecule has 0 saturated heterocycles. The van der Waals surface area contributed by atoms with Crippen molar-refractivity contribution < 1.29 is 16.8 Å². The number of nitrogens with zero attached hydrogens (tertiary/aromatic N) is 3.